The molecule has 268 valence electrons. The molecule has 0 unspecified atom stereocenters. The van der Waals surface area contributed by atoms with Gasteiger partial charge in [0.25, 0.3) is 0 Å². The van der Waals surface area contributed by atoms with Crippen molar-refractivity contribution in [1.29, 1.82) is 0 Å². The number of aryl methyl sites for hydroxylation is 1. The molecular weight excluding hydrogens is 709 g/mol. The highest BCUT2D eigenvalue weighted by atomic mass is 32.2. The number of aromatic nitrogens is 3. The van der Waals surface area contributed by atoms with Crippen LogP contribution in [0.2, 0.25) is 0 Å². The molecule has 0 bridgehead atoms. The van der Waals surface area contributed by atoms with Crippen molar-refractivity contribution >= 4 is 58.3 Å². The number of benzene rings is 3. The molecule has 6 rings (SSSR count). The first-order valence-electron chi connectivity index (χ1n) is 16.6. The fraction of sp³-hybridized carbons (Fsp3) is 0.324. The number of anilines is 4. The van der Waals surface area contributed by atoms with Gasteiger partial charge in [-0.1, -0.05) is 32.0 Å². The van der Waals surface area contributed by atoms with Gasteiger partial charge in [0.1, 0.15) is 17.4 Å². The van der Waals surface area contributed by atoms with Crippen molar-refractivity contribution in [3.63, 3.8) is 0 Å². The van der Waals surface area contributed by atoms with E-state index in [1.54, 1.807) is 31.8 Å². The van der Waals surface area contributed by atoms with Gasteiger partial charge in [-0.2, -0.15) is 0 Å². The van der Waals surface area contributed by atoms with Crippen LogP contribution in [0.4, 0.5) is 31.8 Å². The first kappa shape index (κ1) is 36.8. The van der Waals surface area contributed by atoms with E-state index in [0.717, 1.165) is 94.2 Å². The Labute approximate surface area is 310 Å². The molecule has 3 heterocycles. The van der Waals surface area contributed by atoms with E-state index in [9.17, 15) is 8.78 Å². The Morgan fingerprint density at radius 2 is 1.73 bits per heavy atom. The molecule has 51 heavy (non-hydrogen) atoms. The fourth-order valence-electron chi connectivity index (χ4n) is 5.79. The zero-order chi connectivity index (χ0) is 35.9. The lowest BCUT2D eigenvalue weighted by atomic mass is 10.1. The highest BCUT2D eigenvalue weighted by Gasteiger charge is 2.22. The van der Waals surface area contributed by atoms with Crippen LogP contribution in [-0.4, -0.2) is 72.5 Å². The Hall–Kier alpha value is -3.95. The fourth-order valence-corrected chi connectivity index (χ4v) is 8.02. The first-order chi connectivity index (χ1) is 24.7. The molecule has 14 heteroatoms. The predicted molar refractivity (Wildman–Crippen MR) is 208 cm³/mol. The largest absolute Gasteiger partial charge is 0.494 e. The molecule has 0 atom stereocenters. The number of hydrogen-bond acceptors (Lipinski definition) is 12. The summed E-state index contributed by atoms with van der Waals surface area (Å²) in [6.07, 6.45) is 1.74. The molecule has 1 saturated heterocycles. The first-order valence-corrected chi connectivity index (χ1v) is 19.2. The Bertz CT molecular complexity index is 1930. The maximum absolute atomic E-state index is 14.3. The van der Waals surface area contributed by atoms with Gasteiger partial charge in [0.2, 0.25) is 5.95 Å². The summed E-state index contributed by atoms with van der Waals surface area (Å²) in [6, 6.07) is 17.5. The van der Waals surface area contributed by atoms with Crippen LogP contribution in [0, 0.1) is 18.6 Å². The molecule has 1 fully saturated rings. The van der Waals surface area contributed by atoms with Gasteiger partial charge in [0.15, 0.2) is 0 Å². The zero-order valence-electron chi connectivity index (χ0n) is 29.2. The lowest BCUT2D eigenvalue weighted by molar-refractivity contribution is 0.272. The van der Waals surface area contributed by atoms with Gasteiger partial charge >= 0.3 is 0 Å². The van der Waals surface area contributed by atoms with Gasteiger partial charge in [0.05, 0.1) is 46.1 Å². The van der Waals surface area contributed by atoms with Crippen LogP contribution >= 0.6 is 35.3 Å². The molecule has 2 N–H and O–H groups in total. The molecule has 3 aromatic carbocycles. The lowest BCUT2D eigenvalue weighted by Gasteiger charge is -2.37. The molecule has 0 amide bonds. The summed E-state index contributed by atoms with van der Waals surface area (Å²) in [5.41, 5.74) is 6.10. The van der Waals surface area contributed by atoms with Crippen molar-refractivity contribution in [2.45, 2.75) is 31.6 Å². The second-order valence-electron chi connectivity index (χ2n) is 12.3. The summed E-state index contributed by atoms with van der Waals surface area (Å²) in [5, 5.41) is 4.37. The van der Waals surface area contributed by atoms with Gasteiger partial charge in [-0.3, -0.25) is 4.90 Å². The predicted octanol–water partition coefficient (Wildman–Crippen LogP) is 9.27. The molecule has 9 nitrogen and oxygen atoms in total. The van der Waals surface area contributed by atoms with Crippen LogP contribution in [0.15, 0.2) is 71.8 Å². The number of halogens is 2. The summed E-state index contributed by atoms with van der Waals surface area (Å²) in [4.78, 5) is 20.2. The molecular formula is C37H41F2N7O2S3. The summed E-state index contributed by atoms with van der Waals surface area (Å²) >= 11 is 3.98. The van der Waals surface area contributed by atoms with Gasteiger partial charge in [-0.05, 0) is 72.9 Å². The normalized spacial score (nSPS) is 13.5. The highest BCUT2D eigenvalue weighted by Crippen LogP contribution is 2.40. The molecule has 5 aromatic rings. The average molecular weight is 750 g/mol. The van der Waals surface area contributed by atoms with Crippen molar-refractivity contribution in [2.24, 2.45) is 0 Å². The molecule has 0 radical (unpaired) electrons. The van der Waals surface area contributed by atoms with Crippen LogP contribution < -0.4 is 19.7 Å². The number of piperazine rings is 1. The van der Waals surface area contributed by atoms with E-state index in [-0.39, 0.29) is 10.8 Å². The topological polar surface area (TPSA) is 87.7 Å². The monoisotopic (exact) mass is 749 g/mol. The van der Waals surface area contributed by atoms with Crippen LogP contribution in [0.25, 0.3) is 21.8 Å². The molecule has 0 spiro atoms. The average Bonchev–Trinajstić information content (AvgIpc) is 3.59. The van der Waals surface area contributed by atoms with E-state index in [0.29, 0.717) is 17.4 Å². The maximum Gasteiger partial charge on any atom is 0.227 e. The second-order valence-corrected chi connectivity index (χ2v) is 15.1. The minimum atomic E-state index is -0.619. The number of methoxy groups -OCH3 is 1. The van der Waals surface area contributed by atoms with E-state index in [2.05, 4.69) is 57.7 Å². The number of nitrogens with one attached hydrogen (secondary N) is 2. The molecule has 1 aliphatic rings. The van der Waals surface area contributed by atoms with Gasteiger partial charge in [-0.25, -0.2) is 23.7 Å². The Morgan fingerprint density at radius 3 is 2.45 bits per heavy atom. The molecule has 0 aliphatic carbocycles. The van der Waals surface area contributed by atoms with Crippen molar-refractivity contribution < 1.29 is 17.7 Å². The molecule has 1 aliphatic heterocycles. The standard InChI is InChI=1S/C37H41F2N7O2S3/c1-23(2)36-43-33(25-8-6-9-26(21-25)44-51-34-27(38)10-7-11-28(34)39)35(50-36)29-12-13-40-37(41-29)42-30-20-24(3)31(22-32(30)47-4)46-16-14-45(15-17-46)18-19-49-48-5/h6-13,20-23,44H,14-19H2,1-5H3,(H,40,41,42). The third-order valence-corrected chi connectivity index (χ3v) is 11.3. The van der Waals surface area contributed by atoms with Crippen molar-refractivity contribution in [1.82, 2.24) is 19.9 Å². The summed E-state index contributed by atoms with van der Waals surface area (Å²) in [7, 11) is 3.39. The Kier molecular flexibility index (Phi) is 12.3. The van der Waals surface area contributed by atoms with Crippen molar-refractivity contribution in [2.75, 3.05) is 67.6 Å². The van der Waals surface area contributed by atoms with E-state index >= 15 is 0 Å². The summed E-state index contributed by atoms with van der Waals surface area (Å²) in [6.45, 7) is 11.2. The number of rotatable bonds is 14. The van der Waals surface area contributed by atoms with E-state index in [1.165, 1.54) is 30.2 Å². The Balaban J connectivity index is 1.22. The third-order valence-electron chi connectivity index (χ3n) is 8.44. The minimum Gasteiger partial charge on any atom is -0.494 e. The second kappa shape index (κ2) is 17.0. The number of thiazole rings is 1. The van der Waals surface area contributed by atoms with Crippen LogP contribution in [0.3, 0.4) is 0 Å². The third kappa shape index (κ3) is 8.93. The molecule has 2 aromatic heterocycles. The van der Waals surface area contributed by atoms with E-state index in [4.69, 9.17) is 18.9 Å². The van der Waals surface area contributed by atoms with Gasteiger partial charge in [0, 0.05) is 73.6 Å². The van der Waals surface area contributed by atoms with Crippen molar-refractivity contribution in [3.05, 3.63) is 89.1 Å². The van der Waals surface area contributed by atoms with Gasteiger partial charge in [-0.15, -0.1) is 11.3 Å². The van der Waals surface area contributed by atoms with Crippen LogP contribution in [0.1, 0.15) is 30.3 Å². The lowest BCUT2D eigenvalue weighted by Crippen LogP contribution is -2.47. The smallest absolute Gasteiger partial charge is 0.227 e. The Morgan fingerprint density at radius 1 is 0.961 bits per heavy atom. The van der Waals surface area contributed by atoms with Crippen LogP contribution in [0.5, 0.6) is 5.75 Å². The summed E-state index contributed by atoms with van der Waals surface area (Å²) < 4.78 is 42.6. The van der Waals surface area contributed by atoms with Crippen molar-refractivity contribution in [3.8, 4) is 27.6 Å². The molecule has 0 saturated carbocycles. The number of nitrogens with zero attached hydrogens (tertiary/aromatic N) is 5. The highest BCUT2D eigenvalue weighted by molar-refractivity contribution is 8.00. The van der Waals surface area contributed by atoms with Gasteiger partial charge < -0.3 is 23.9 Å². The quantitative estimate of drug-likeness (QED) is 0.0647. The number of hydrogen-bond donors (Lipinski definition) is 2. The van der Waals surface area contributed by atoms with E-state index < -0.39 is 11.6 Å². The minimum absolute atomic E-state index is 0.0894. The SMILES string of the molecule is COSCCN1CCN(c2cc(OC)c(Nc3nccc(-c4sc(C(C)C)nc4-c4cccc(NSc5c(F)cccc5F)c4)n3)cc2C)CC1. The van der Waals surface area contributed by atoms with E-state index in [1.807, 2.05) is 30.3 Å². The maximum atomic E-state index is 14.3. The zero-order valence-corrected chi connectivity index (χ0v) is 31.7. The van der Waals surface area contributed by atoms with Crippen LogP contribution in [-0.2, 0) is 4.18 Å². The summed E-state index contributed by atoms with van der Waals surface area (Å²) in [5.74, 6) is 1.07. The number of ether oxygens (including phenoxy) is 1.